The van der Waals surface area contributed by atoms with Gasteiger partial charge >= 0.3 is 0 Å². The van der Waals surface area contributed by atoms with Crippen molar-refractivity contribution in [2.75, 3.05) is 0 Å². The molecule has 0 aliphatic heterocycles. The molecule has 0 amide bonds. The summed E-state index contributed by atoms with van der Waals surface area (Å²) >= 11 is 0. The van der Waals surface area contributed by atoms with Crippen LogP contribution in [-0.4, -0.2) is 0 Å². The Kier molecular flexibility index (Phi) is 5200. The minimum Gasteiger partial charge on any atom is 0 e. The third kappa shape index (κ3) is 699. The molecule has 0 rings (SSSR count). The van der Waals surface area contributed by atoms with Crippen molar-refractivity contribution in [2.45, 2.75) is 0 Å². The summed E-state index contributed by atoms with van der Waals surface area (Å²) in [5.41, 5.74) is 0. The second-order valence-electron chi connectivity index (χ2n) is 0. The van der Waals surface area contributed by atoms with Crippen LogP contribution in [-0.2, 0) is 0 Å². The van der Waals surface area contributed by atoms with Gasteiger partial charge < -0.3 is 0 Å². The minimum absolute atomic E-state index is 0. The van der Waals surface area contributed by atoms with Crippen LogP contribution < -0.4 is 0 Å². The zero-order valence-electron chi connectivity index (χ0n) is 56.6. The van der Waals surface area contributed by atoms with Crippen LogP contribution in [0.4, 0.5) is 0 Å². The summed E-state index contributed by atoms with van der Waals surface area (Å²) in [6.07, 6.45) is 0. The molecule has 0 bridgehead atoms. The molecule has 0 N–H and O–H groups in total. The van der Waals surface area contributed by atoms with Gasteiger partial charge in [0.05, 0.1) is 0 Å². The summed E-state index contributed by atoms with van der Waals surface area (Å²) in [6.45, 7) is 0. The molecular formula is La98. The Morgan fingerprint density at radius 2 is 0.0102 bits per heavy atom. The monoisotopic (exact) mass is 13600 g/mol. The van der Waals surface area contributed by atoms with Gasteiger partial charge in [0.1, 0.15) is 0 Å². The molecule has 0 atom stereocenters. The van der Waals surface area contributed by atoms with E-state index < -0.39 is 0 Å². The maximum absolute atomic E-state index is 0. The molecule has 0 saturated carbocycles. The second kappa shape index (κ2) is 709. The van der Waals surface area contributed by atoms with Crippen LogP contribution in [0.2, 0.25) is 0 Å². The normalized spacial score (nSPS) is 0. The number of hydrogen-bond acceptors (Lipinski definition) is 0. The molecular weight excluding hydrogens is 13600 g/mol. The first kappa shape index (κ1) is 719. The maximum Gasteiger partial charge on any atom is 0 e. The molecule has 0 aromatic heterocycles. The molecule has 0 fully saturated rings. The van der Waals surface area contributed by atoms with Crippen LogP contribution in [0.25, 0.3) is 0 Å². The first-order valence-electron chi connectivity index (χ1n) is 0. The van der Waals surface area contributed by atoms with Crippen LogP contribution in [0.5, 0.6) is 0 Å². The van der Waals surface area contributed by atoms with Crippen molar-refractivity contribution in [3.63, 3.8) is 0 Å². The fraction of sp³-hybridized carbons (Fsp3) is 0. The van der Waals surface area contributed by atoms with E-state index in [0.717, 1.165) is 0 Å². The molecule has 0 spiro atoms. The molecule has 0 aliphatic rings. The summed E-state index contributed by atoms with van der Waals surface area (Å²) in [5.74, 6) is 0. The Balaban J connectivity index is 0. The van der Waals surface area contributed by atoms with Gasteiger partial charge in [-0.3, -0.25) is 0 Å². The molecule has 0 saturated heterocycles. The van der Waals surface area contributed by atoms with Gasteiger partial charge in [0.25, 0.3) is 0 Å². The fourth-order valence-corrected chi connectivity index (χ4v) is 0. The van der Waals surface area contributed by atoms with E-state index in [0.29, 0.717) is 0 Å². The van der Waals surface area contributed by atoms with Crippen LogP contribution in [0.3, 0.4) is 0 Å². The first-order chi connectivity index (χ1) is 0. The van der Waals surface area contributed by atoms with Crippen molar-refractivity contribution < 1.29 is 3490 Å². The number of hydrogen-bond donors (Lipinski definition) is 0. The van der Waals surface area contributed by atoms with E-state index in [-0.39, 0.29) is 3490 Å². The van der Waals surface area contributed by atoms with Crippen molar-refractivity contribution in [3.05, 3.63) is 0 Å². The van der Waals surface area contributed by atoms with Crippen molar-refractivity contribution in [1.29, 1.82) is 0 Å². The van der Waals surface area contributed by atoms with Crippen LogP contribution >= 0.6 is 0 Å². The quantitative estimate of drug-likeness (QED) is 0.321. The molecule has 0 aliphatic carbocycles. The van der Waals surface area contributed by atoms with Gasteiger partial charge in [-0.05, 0) is 0 Å². The van der Waals surface area contributed by atoms with Crippen molar-refractivity contribution in [1.82, 2.24) is 0 Å². The molecule has 0 aromatic rings. The summed E-state index contributed by atoms with van der Waals surface area (Å²) in [7, 11) is 0. The Hall–Kier alpha value is 117. The zero-order valence-corrected chi connectivity index (χ0v) is 412. The van der Waals surface area contributed by atoms with Gasteiger partial charge in [-0.1, -0.05) is 0 Å². The van der Waals surface area contributed by atoms with E-state index in [1.807, 2.05) is 0 Å². The Labute approximate surface area is 3340 Å². The largest absolute Gasteiger partial charge is 0 e. The van der Waals surface area contributed by atoms with E-state index in [9.17, 15) is 0 Å². The van der Waals surface area contributed by atoms with Crippen molar-refractivity contribution in [3.8, 4) is 0 Å². The maximum atomic E-state index is 0. The number of rotatable bonds is 0. The van der Waals surface area contributed by atoms with Gasteiger partial charge in [-0.25, -0.2) is 0 Å². The molecule has 294 valence electrons. The summed E-state index contributed by atoms with van der Waals surface area (Å²) in [4.78, 5) is 0. The van der Waals surface area contributed by atoms with E-state index >= 15 is 0 Å². The Morgan fingerprint density at radius 1 is 0.0102 bits per heavy atom. The topological polar surface area (TPSA) is 0 Å². The SMILES string of the molecule is [La].[La].[La].[La].[La].[La].[La].[La].[La].[La].[La].[La].[La].[La].[La].[La].[La].[La].[La].[La].[La].[La].[La].[La].[La].[La].[La].[La].[La].[La].[La].[La].[La].[La].[La].[La].[La].[La].[La].[La].[La].[La].[La].[La].[La].[La].[La].[La].[La].[La].[La].[La].[La].[La].[La].[La].[La].[La].[La].[La].[La].[La].[La].[La].[La].[La].[La].[La].[La].[La].[La].[La].[La].[La].[La].[La].[La].[La].[La].[La].[La].[La].[La].[La].[La].[La].[La].[La].[La].[La].[La].[La].[La].[La].[La].[La].[La].[La]. The molecule has 98 heavy (non-hydrogen) atoms. The molecule has 0 unspecified atom stereocenters. The van der Waals surface area contributed by atoms with Gasteiger partial charge in [0, 0.05) is 3490 Å². The summed E-state index contributed by atoms with van der Waals surface area (Å²) in [5, 5.41) is 0. The van der Waals surface area contributed by atoms with Crippen LogP contribution in [0, 0.1) is 3490 Å². The van der Waals surface area contributed by atoms with E-state index in [1.165, 1.54) is 0 Å². The molecule has 98 radical (unpaired) electrons. The Morgan fingerprint density at radius 3 is 0.0102 bits per heavy atom. The predicted molar refractivity (Wildman–Crippen MR) is 0 cm³/mol. The molecule has 0 aromatic carbocycles. The van der Waals surface area contributed by atoms with Gasteiger partial charge in [-0.2, -0.15) is 0 Å². The standard InChI is InChI=1S/98La. The second-order valence-corrected chi connectivity index (χ2v) is 0. The molecule has 98 heteroatoms. The van der Waals surface area contributed by atoms with E-state index in [1.54, 1.807) is 0 Å². The van der Waals surface area contributed by atoms with E-state index in [4.69, 9.17) is 0 Å². The molecule has 0 nitrogen and oxygen atoms in total. The summed E-state index contributed by atoms with van der Waals surface area (Å²) in [6, 6.07) is 0. The smallest absolute Gasteiger partial charge is 0 e. The van der Waals surface area contributed by atoms with Crippen LogP contribution in [0.15, 0.2) is 0 Å². The average Bonchev–Trinajstić information content (AvgIpc) is 0. The van der Waals surface area contributed by atoms with Gasteiger partial charge in [0.15, 0.2) is 0 Å². The third-order valence-corrected chi connectivity index (χ3v) is 0. The first-order valence-corrected chi connectivity index (χ1v) is 0. The fourth-order valence-electron chi connectivity index (χ4n) is 0. The van der Waals surface area contributed by atoms with Crippen LogP contribution in [0.1, 0.15) is 0 Å². The Bertz CT molecular complexity index is 0. The van der Waals surface area contributed by atoms with E-state index in [2.05, 4.69) is 0 Å². The third-order valence-electron chi connectivity index (χ3n) is 0. The van der Waals surface area contributed by atoms with Gasteiger partial charge in [0.2, 0.25) is 0 Å². The van der Waals surface area contributed by atoms with Crippen molar-refractivity contribution >= 4 is 0 Å². The zero-order chi connectivity index (χ0) is 0. The average molecular weight is 13600 g/mol. The minimum atomic E-state index is 0. The van der Waals surface area contributed by atoms with Gasteiger partial charge in [-0.15, -0.1) is 0 Å². The predicted octanol–water partition coefficient (Wildman–Crippen LogP) is 0. The molecule has 0 heterocycles. The van der Waals surface area contributed by atoms with Crippen molar-refractivity contribution in [2.24, 2.45) is 0 Å². The summed E-state index contributed by atoms with van der Waals surface area (Å²) < 4.78 is 0.